The molecule has 0 amide bonds. The van der Waals surface area contributed by atoms with Gasteiger partial charge in [-0.3, -0.25) is 4.40 Å². The van der Waals surface area contributed by atoms with Crippen LogP contribution in [0.2, 0.25) is 0 Å². The van der Waals surface area contributed by atoms with Crippen molar-refractivity contribution in [2.24, 2.45) is 0 Å². The Morgan fingerprint density at radius 2 is 2.08 bits per heavy atom. The van der Waals surface area contributed by atoms with Gasteiger partial charge in [-0.15, -0.1) is 10.2 Å². The van der Waals surface area contributed by atoms with Gasteiger partial charge >= 0.3 is 0 Å². The van der Waals surface area contributed by atoms with Crippen molar-refractivity contribution in [1.82, 2.24) is 19.9 Å². The first-order chi connectivity index (χ1) is 11.8. The SMILES string of the molecule is O[C@H](CNCCc1nnc2ccccn12)c1ccc2c(c1)OCO2. The molecular formula is C17H18N4O3. The van der Waals surface area contributed by atoms with E-state index in [4.69, 9.17) is 9.47 Å². The van der Waals surface area contributed by atoms with Crippen molar-refractivity contribution in [3.8, 4) is 11.5 Å². The van der Waals surface area contributed by atoms with E-state index >= 15 is 0 Å². The lowest BCUT2D eigenvalue weighted by Crippen LogP contribution is -2.24. The van der Waals surface area contributed by atoms with E-state index in [1.165, 1.54) is 0 Å². The van der Waals surface area contributed by atoms with Gasteiger partial charge in [0.2, 0.25) is 6.79 Å². The number of pyridine rings is 1. The summed E-state index contributed by atoms with van der Waals surface area (Å²) in [6.45, 7) is 1.40. The Bertz CT molecular complexity index is 849. The van der Waals surface area contributed by atoms with Gasteiger partial charge in [-0.05, 0) is 29.8 Å². The highest BCUT2D eigenvalue weighted by atomic mass is 16.7. The topological polar surface area (TPSA) is 80.9 Å². The molecule has 2 N–H and O–H groups in total. The number of ether oxygens (including phenoxy) is 2. The Hall–Kier alpha value is -2.64. The first-order valence-electron chi connectivity index (χ1n) is 7.88. The minimum absolute atomic E-state index is 0.236. The van der Waals surface area contributed by atoms with Crippen molar-refractivity contribution in [3.05, 3.63) is 54.0 Å². The standard InChI is InChI=1S/C17H18N4O3/c22-13(12-4-5-14-15(9-12)24-11-23-14)10-18-7-6-17-20-19-16-3-1-2-8-21(16)17/h1-5,8-9,13,18,22H,6-7,10-11H2/t13-/m1/s1. The van der Waals surface area contributed by atoms with E-state index in [1.807, 2.05) is 47.0 Å². The van der Waals surface area contributed by atoms with Gasteiger partial charge in [0.05, 0.1) is 6.10 Å². The summed E-state index contributed by atoms with van der Waals surface area (Å²) in [4.78, 5) is 0. The fourth-order valence-corrected chi connectivity index (χ4v) is 2.74. The van der Waals surface area contributed by atoms with Crippen LogP contribution >= 0.6 is 0 Å². The fraction of sp³-hybridized carbons (Fsp3) is 0.294. The Balaban J connectivity index is 1.31. The number of nitrogens with zero attached hydrogens (tertiary/aromatic N) is 3. The predicted molar refractivity (Wildman–Crippen MR) is 87.1 cm³/mol. The summed E-state index contributed by atoms with van der Waals surface area (Å²) in [7, 11) is 0. The summed E-state index contributed by atoms with van der Waals surface area (Å²) in [6, 6.07) is 11.3. The third-order valence-electron chi connectivity index (χ3n) is 4.03. The first kappa shape index (κ1) is 14.9. The van der Waals surface area contributed by atoms with Crippen LogP contribution in [0.5, 0.6) is 11.5 Å². The molecule has 3 heterocycles. The highest BCUT2D eigenvalue weighted by Crippen LogP contribution is 2.34. The van der Waals surface area contributed by atoms with Gasteiger partial charge in [0.15, 0.2) is 17.1 Å². The van der Waals surface area contributed by atoms with Crippen molar-refractivity contribution in [2.75, 3.05) is 19.9 Å². The molecule has 7 heteroatoms. The number of rotatable bonds is 6. The Morgan fingerprint density at radius 3 is 3.04 bits per heavy atom. The number of hydrogen-bond donors (Lipinski definition) is 2. The summed E-state index contributed by atoms with van der Waals surface area (Å²) in [6.07, 6.45) is 2.08. The summed E-state index contributed by atoms with van der Waals surface area (Å²) in [5.41, 5.74) is 1.65. The largest absolute Gasteiger partial charge is 0.454 e. The second-order valence-electron chi connectivity index (χ2n) is 5.63. The average molecular weight is 326 g/mol. The third kappa shape index (κ3) is 2.91. The lowest BCUT2D eigenvalue weighted by atomic mass is 10.1. The third-order valence-corrected chi connectivity index (χ3v) is 4.03. The smallest absolute Gasteiger partial charge is 0.231 e. The zero-order valence-corrected chi connectivity index (χ0v) is 13.1. The molecule has 1 aromatic carbocycles. The highest BCUT2D eigenvalue weighted by Gasteiger charge is 2.16. The molecule has 0 saturated heterocycles. The number of aromatic nitrogens is 3. The molecule has 0 fully saturated rings. The maximum absolute atomic E-state index is 10.3. The number of nitrogens with one attached hydrogen (secondary N) is 1. The molecule has 1 aliphatic heterocycles. The van der Waals surface area contributed by atoms with E-state index in [2.05, 4.69) is 15.5 Å². The van der Waals surface area contributed by atoms with Crippen LogP contribution < -0.4 is 14.8 Å². The molecule has 3 aromatic rings. The maximum atomic E-state index is 10.3. The summed E-state index contributed by atoms with van der Waals surface area (Å²) < 4.78 is 12.6. The summed E-state index contributed by atoms with van der Waals surface area (Å²) in [5, 5.41) is 21.9. The van der Waals surface area contributed by atoms with Crippen LogP contribution in [0.1, 0.15) is 17.5 Å². The fourth-order valence-electron chi connectivity index (χ4n) is 2.74. The van der Waals surface area contributed by atoms with Crippen molar-refractivity contribution in [3.63, 3.8) is 0 Å². The van der Waals surface area contributed by atoms with Crippen molar-refractivity contribution >= 4 is 5.65 Å². The second-order valence-corrected chi connectivity index (χ2v) is 5.63. The molecule has 7 nitrogen and oxygen atoms in total. The van der Waals surface area contributed by atoms with E-state index in [0.29, 0.717) is 18.8 Å². The molecular weight excluding hydrogens is 308 g/mol. The number of aliphatic hydroxyl groups excluding tert-OH is 1. The molecule has 0 aliphatic carbocycles. The number of aliphatic hydroxyl groups is 1. The summed E-state index contributed by atoms with van der Waals surface area (Å²) in [5.74, 6) is 2.30. The van der Waals surface area contributed by atoms with Crippen LogP contribution in [0.15, 0.2) is 42.6 Å². The van der Waals surface area contributed by atoms with Crippen molar-refractivity contribution < 1.29 is 14.6 Å². The van der Waals surface area contributed by atoms with E-state index in [9.17, 15) is 5.11 Å². The number of fused-ring (bicyclic) bond motifs is 2. The maximum Gasteiger partial charge on any atom is 0.231 e. The first-order valence-corrected chi connectivity index (χ1v) is 7.88. The van der Waals surface area contributed by atoms with Crippen LogP contribution in [-0.2, 0) is 6.42 Å². The Labute approximate surface area is 138 Å². The molecule has 0 unspecified atom stereocenters. The zero-order valence-electron chi connectivity index (χ0n) is 13.1. The minimum atomic E-state index is -0.602. The van der Waals surface area contributed by atoms with Gasteiger partial charge < -0.3 is 19.9 Å². The molecule has 0 bridgehead atoms. The van der Waals surface area contributed by atoms with Crippen LogP contribution in [0, 0.1) is 0 Å². The van der Waals surface area contributed by atoms with Gasteiger partial charge in [0.25, 0.3) is 0 Å². The Morgan fingerprint density at radius 1 is 1.17 bits per heavy atom. The predicted octanol–water partition coefficient (Wildman–Crippen LogP) is 1.32. The number of hydrogen-bond acceptors (Lipinski definition) is 6. The molecule has 0 radical (unpaired) electrons. The second kappa shape index (κ2) is 6.46. The normalized spacial score (nSPS) is 14.2. The summed E-state index contributed by atoms with van der Waals surface area (Å²) >= 11 is 0. The average Bonchev–Trinajstić information content (AvgIpc) is 3.24. The molecule has 4 rings (SSSR count). The molecule has 24 heavy (non-hydrogen) atoms. The minimum Gasteiger partial charge on any atom is -0.454 e. The monoisotopic (exact) mass is 326 g/mol. The van der Waals surface area contributed by atoms with Crippen molar-refractivity contribution in [2.45, 2.75) is 12.5 Å². The molecule has 0 saturated carbocycles. The molecule has 124 valence electrons. The quantitative estimate of drug-likeness (QED) is 0.665. The molecule has 1 atom stereocenters. The lowest BCUT2D eigenvalue weighted by molar-refractivity contribution is 0.170. The van der Waals surface area contributed by atoms with Gasteiger partial charge in [-0.1, -0.05) is 12.1 Å². The van der Waals surface area contributed by atoms with Gasteiger partial charge in [-0.25, -0.2) is 0 Å². The Kier molecular flexibility index (Phi) is 4.02. The molecule has 0 spiro atoms. The zero-order chi connectivity index (χ0) is 16.4. The van der Waals surface area contributed by atoms with E-state index < -0.39 is 6.10 Å². The number of benzene rings is 1. The van der Waals surface area contributed by atoms with Gasteiger partial charge in [0.1, 0.15) is 5.82 Å². The van der Waals surface area contributed by atoms with E-state index in [-0.39, 0.29) is 6.79 Å². The van der Waals surface area contributed by atoms with Crippen LogP contribution in [0.25, 0.3) is 5.65 Å². The van der Waals surface area contributed by atoms with E-state index in [0.717, 1.165) is 29.2 Å². The van der Waals surface area contributed by atoms with Crippen LogP contribution in [0.4, 0.5) is 0 Å². The highest BCUT2D eigenvalue weighted by molar-refractivity contribution is 5.45. The lowest BCUT2D eigenvalue weighted by Gasteiger charge is -2.12. The molecule has 2 aromatic heterocycles. The van der Waals surface area contributed by atoms with Gasteiger partial charge in [0, 0.05) is 25.7 Å². The van der Waals surface area contributed by atoms with E-state index in [1.54, 1.807) is 0 Å². The molecule has 1 aliphatic rings. The van der Waals surface area contributed by atoms with Crippen LogP contribution in [-0.4, -0.2) is 39.6 Å². The van der Waals surface area contributed by atoms with Crippen LogP contribution in [0.3, 0.4) is 0 Å². The van der Waals surface area contributed by atoms with Crippen molar-refractivity contribution in [1.29, 1.82) is 0 Å². The van der Waals surface area contributed by atoms with Gasteiger partial charge in [-0.2, -0.15) is 0 Å².